The topological polar surface area (TPSA) is 61.8 Å². The van der Waals surface area contributed by atoms with Crippen molar-refractivity contribution in [1.29, 1.82) is 0 Å². The van der Waals surface area contributed by atoms with Crippen molar-refractivity contribution in [1.82, 2.24) is 0 Å². The van der Waals surface area contributed by atoms with E-state index in [1.54, 1.807) is 13.8 Å². The molecule has 2 aromatic carbocycles. The molecule has 10 heteroatoms. The van der Waals surface area contributed by atoms with Crippen molar-refractivity contribution in [2.75, 3.05) is 6.61 Å². The SMILES string of the molecule is CC(C)=C1Oc2cc(OC(=O)COc3c(F)c(F)c(F)c(F)c3F)ccc2C1=O. The zero-order valence-electron chi connectivity index (χ0n) is 14.9. The lowest BCUT2D eigenvalue weighted by atomic mass is 10.1. The molecule has 1 aliphatic rings. The number of fused-ring (bicyclic) bond motifs is 1. The molecule has 5 nitrogen and oxygen atoms in total. The molecule has 0 fully saturated rings. The van der Waals surface area contributed by atoms with E-state index in [1.807, 2.05) is 0 Å². The molecule has 1 aliphatic heterocycles. The Kier molecular flexibility index (Phi) is 5.27. The van der Waals surface area contributed by atoms with Gasteiger partial charge in [0.15, 0.2) is 18.1 Å². The van der Waals surface area contributed by atoms with Gasteiger partial charge in [0, 0.05) is 6.07 Å². The van der Waals surface area contributed by atoms with Crippen molar-refractivity contribution in [3.05, 3.63) is 64.2 Å². The fourth-order valence-corrected chi connectivity index (χ4v) is 2.45. The molecule has 0 atom stereocenters. The third-order valence-corrected chi connectivity index (χ3v) is 3.81. The first-order valence-corrected chi connectivity index (χ1v) is 8.00. The van der Waals surface area contributed by atoms with Gasteiger partial charge in [-0.2, -0.15) is 8.78 Å². The van der Waals surface area contributed by atoms with Gasteiger partial charge < -0.3 is 14.2 Å². The zero-order valence-corrected chi connectivity index (χ0v) is 14.9. The molecule has 0 spiro atoms. The van der Waals surface area contributed by atoms with Gasteiger partial charge in [-0.3, -0.25) is 4.79 Å². The minimum absolute atomic E-state index is 0.0856. The summed E-state index contributed by atoms with van der Waals surface area (Å²) in [6.07, 6.45) is 0. The van der Waals surface area contributed by atoms with Gasteiger partial charge in [0.05, 0.1) is 5.56 Å². The summed E-state index contributed by atoms with van der Waals surface area (Å²) in [7, 11) is 0. The smallest absolute Gasteiger partial charge is 0.349 e. The average Bonchev–Trinajstić information content (AvgIpc) is 3.01. The molecule has 152 valence electrons. The quantitative estimate of drug-likeness (QED) is 0.187. The van der Waals surface area contributed by atoms with Crippen molar-refractivity contribution in [2.24, 2.45) is 0 Å². The van der Waals surface area contributed by atoms with Crippen LogP contribution in [0.15, 0.2) is 29.5 Å². The number of hydrogen-bond acceptors (Lipinski definition) is 5. The largest absolute Gasteiger partial charge is 0.476 e. The lowest BCUT2D eigenvalue weighted by Crippen LogP contribution is -2.19. The summed E-state index contributed by atoms with van der Waals surface area (Å²) in [4.78, 5) is 23.9. The molecule has 0 aliphatic carbocycles. The number of rotatable bonds is 4. The molecule has 1 heterocycles. The van der Waals surface area contributed by atoms with Crippen LogP contribution in [0.2, 0.25) is 0 Å². The molecule has 0 saturated heterocycles. The number of carbonyl (C=O) groups excluding carboxylic acids is 2. The van der Waals surface area contributed by atoms with Crippen LogP contribution in [0, 0.1) is 29.1 Å². The minimum atomic E-state index is -2.35. The Morgan fingerprint density at radius 1 is 0.966 bits per heavy atom. The first kappa shape index (κ1) is 20.3. The van der Waals surface area contributed by atoms with Crippen LogP contribution in [0.3, 0.4) is 0 Å². The molecule has 0 unspecified atom stereocenters. The Labute approximate surface area is 160 Å². The third kappa shape index (κ3) is 3.65. The van der Waals surface area contributed by atoms with Crippen LogP contribution in [0.5, 0.6) is 17.2 Å². The Balaban J connectivity index is 1.72. The lowest BCUT2D eigenvalue weighted by molar-refractivity contribution is -0.136. The molecule has 2 aromatic rings. The van der Waals surface area contributed by atoms with Gasteiger partial charge in [0.25, 0.3) is 0 Å². The molecule has 0 bridgehead atoms. The van der Waals surface area contributed by atoms with Crippen LogP contribution in [0.1, 0.15) is 24.2 Å². The maximum Gasteiger partial charge on any atom is 0.349 e. The summed E-state index contributed by atoms with van der Waals surface area (Å²) < 4.78 is 80.9. The molecular weight excluding hydrogens is 403 g/mol. The van der Waals surface area contributed by atoms with Crippen molar-refractivity contribution in [3.63, 3.8) is 0 Å². The molecule has 0 aromatic heterocycles. The first-order chi connectivity index (χ1) is 13.6. The molecule has 0 saturated carbocycles. The number of esters is 1. The number of Topliss-reactive ketones (excluding diaryl/α,β-unsaturated/α-hetero) is 1. The van der Waals surface area contributed by atoms with E-state index < -0.39 is 47.4 Å². The number of carbonyl (C=O) groups is 2. The van der Waals surface area contributed by atoms with Gasteiger partial charge in [0.2, 0.25) is 34.9 Å². The molecule has 29 heavy (non-hydrogen) atoms. The van der Waals surface area contributed by atoms with Crippen LogP contribution in [0.4, 0.5) is 22.0 Å². The third-order valence-electron chi connectivity index (χ3n) is 3.81. The standard InChI is InChI=1S/C19H11F5O5/c1-7(2)18-17(26)9-4-3-8(5-10(9)29-18)28-11(25)6-27-19-15(23)13(21)12(20)14(22)16(19)24/h3-5H,6H2,1-2H3. The van der Waals surface area contributed by atoms with E-state index >= 15 is 0 Å². The van der Waals surface area contributed by atoms with E-state index in [-0.39, 0.29) is 28.6 Å². The van der Waals surface area contributed by atoms with Crippen LogP contribution in [0.25, 0.3) is 0 Å². The lowest BCUT2D eigenvalue weighted by Gasteiger charge is -2.10. The van der Waals surface area contributed by atoms with Crippen LogP contribution in [-0.4, -0.2) is 18.4 Å². The predicted octanol–water partition coefficient (Wildman–Crippen LogP) is 4.24. The van der Waals surface area contributed by atoms with Gasteiger partial charge in [0.1, 0.15) is 11.5 Å². The number of benzene rings is 2. The summed E-state index contributed by atoms with van der Waals surface area (Å²) in [6.45, 7) is 2.21. The second-order valence-electron chi connectivity index (χ2n) is 6.08. The molecular formula is C19H11F5O5. The van der Waals surface area contributed by atoms with E-state index in [4.69, 9.17) is 9.47 Å². The van der Waals surface area contributed by atoms with Crippen molar-refractivity contribution in [2.45, 2.75) is 13.8 Å². The highest BCUT2D eigenvalue weighted by molar-refractivity contribution is 6.12. The fourth-order valence-electron chi connectivity index (χ4n) is 2.45. The summed E-state index contributed by atoms with van der Waals surface area (Å²) in [5.74, 6) is -14.1. The normalized spacial score (nSPS) is 12.5. The van der Waals surface area contributed by atoms with Gasteiger partial charge in [-0.25, -0.2) is 18.0 Å². The van der Waals surface area contributed by atoms with Crippen molar-refractivity contribution >= 4 is 11.8 Å². The van der Waals surface area contributed by atoms with E-state index in [9.17, 15) is 31.5 Å². The van der Waals surface area contributed by atoms with Crippen molar-refractivity contribution in [3.8, 4) is 17.2 Å². The number of halogens is 5. The van der Waals surface area contributed by atoms with Gasteiger partial charge >= 0.3 is 5.97 Å². The van der Waals surface area contributed by atoms with Gasteiger partial charge in [-0.05, 0) is 31.6 Å². The highest BCUT2D eigenvalue weighted by atomic mass is 19.2. The van der Waals surface area contributed by atoms with Gasteiger partial charge in [-0.15, -0.1) is 0 Å². The van der Waals surface area contributed by atoms with Crippen LogP contribution < -0.4 is 14.2 Å². The average molecular weight is 414 g/mol. The Bertz CT molecular complexity index is 1040. The first-order valence-electron chi connectivity index (χ1n) is 8.00. The van der Waals surface area contributed by atoms with E-state index in [2.05, 4.69) is 4.74 Å². The predicted molar refractivity (Wildman–Crippen MR) is 87.1 cm³/mol. The van der Waals surface area contributed by atoms with Crippen molar-refractivity contribution < 1.29 is 45.8 Å². The molecule has 3 rings (SSSR count). The molecule has 0 amide bonds. The van der Waals surface area contributed by atoms with E-state index in [0.29, 0.717) is 5.57 Å². The van der Waals surface area contributed by atoms with E-state index in [1.165, 1.54) is 18.2 Å². The number of allylic oxidation sites excluding steroid dienone is 2. The van der Waals surface area contributed by atoms with Gasteiger partial charge in [-0.1, -0.05) is 0 Å². The molecule has 0 radical (unpaired) electrons. The molecule has 0 N–H and O–H groups in total. The highest BCUT2D eigenvalue weighted by Gasteiger charge is 2.29. The number of ether oxygens (including phenoxy) is 3. The minimum Gasteiger partial charge on any atom is -0.476 e. The Hall–Kier alpha value is -3.43. The number of hydrogen-bond donors (Lipinski definition) is 0. The summed E-state index contributed by atoms with van der Waals surface area (Å²) in [5, 5.41) is 0. The summed E-state index contributed by atoms with van der Waals surface area (Å²) >= 11 is 0. The zero-order chi connectivity index (χ0) is 21.5. The Morgan fingerprint density at radius 2 is 1.55 bits per heavy atom. The van der Waals surface area contributed by atoms with Crippen LogP contribution in [-0.2, 0) is 4.79 Å². The fraction of sp³-hybridized carbons (Fsp3) is 0.158. The second-order valence-corrected chi connectivity index (χ2v) is 6.08. The van der Waals surface area contributed by atoms with E-state index in [0.717, 1.165) is 0 Å². The summed E-state index contributed by atoms with van der Waals surface area (Å²) in [5.41, 5.74) is 0.889. The maximum absolute atomic E-state index is 13.5. The monoisotopic (exact) mass is 414 g/mol. The Morgan fingerprint density at radius 3 is 2.14 bits per heavy atom. The summed E-state index contributed by atoms with van der Waals surface area (Å²) in [6, 6.07) is 3.85. The highest BCUT2D eigenvalue weighted by Crippen LogP contribution is 2.35. The maximum atomic E-state index is 13.5. The number of ketones is 1. The second kappa shape index (κ2) is 7.53. The van der Waals surface area contributed by atoms with Crippen LogP contribution >= 0.6 is 0 Å².